The van der Waals surface area contributed by atoms with Crippen LogP contribution in [0.1, 0.15) is 18.0 Å². The Kier molecular flexibility index (Phi) is 3.12. The second kappa shape index (κ2) is 4.42. The Morgan fingerprint density at radius 2 is 1.94 bits per heavy atom. The van der Waals surface area contributed by atoms with Crippen molar-refractivity contribution in [2.24, 2.45) is 0 Å². The van der Waals surface area contributed by atoms with E-state index in [9.17, 15) is 8.42 Å². The lowest BCUT2D eigenvalue weighted by Gasteiger charge is -2.08. The average molecular weight is 273 g/mol. The molecule has 1 aromatic carbocycles. The van der Waals surface area contributed by atoms with Crippen molar-refractivity contribution >= 4 is 21.4 Å². The van der Waals surface area contributed by atoms with Gasteiger partial charge in [0.1, 0.15) is 5.25 Å². The normalized spacial score (nSPS) is 13.5. The van der Waals surface area contributed by atoms with Crippen LogP contribution >= 0.6 is 11.6 Å². The maximum absolute atomic E-state index is 12.2. The molecule has 2 aromatic rings. The number of nitrogens with one attached hydrogen (secondary N) is 1. The number of rotatable bonds is 3. The molecule has 0 aliphatic heterocycles. The van der Waals surface area contributed by atoms with Crippen molar-refractivity contribution in [2.45, 2.75) is 17.1 Å². The Bertz CT molecular complexity index is 594. The van der Waals surface area contributed by atoms with E-state index in [1.165, 1.54) is 31.2 Å². The number of nitrogens with zero attached hydrogens (tertiary/aromatic N) is 3. The molecule has 0 amide bonds. The number of halogens is 1. The highest BCUT2D eigenvalue weighted by Crippen LogP contribution is 2.26. The lowest BCUT2D eigenvalue weighted by atomic mass is 10.4. The molecular formula is C9H9ClN4O2S. The minimum absolute atomic E-state index is 0.139. The number of tetrazole rings is 1. The van der Waals surface area contributed by atoms with Crippen LogP contribution in [-0.2, 0) is 9.84 Å². The molecular weight excluding hydrogens is 264 g/mol. The van der Waals surface area contributed by atoms with Crippen LogP contribution in [0.15, 0.2) is 29.2 Å². The maximum Gasteiger partial charge on any atom is 0.192 e. The first-order chi connectivity index (χ1) is 8.01. The van der Waals surface area contributed by atoms with Gasteiger partial charge in [0, 0.05) is 5.02 Å². The monoisotopic (exact) mass is 272 g/mol. The lowest BCUT2D eigenvalue weighted by molar-refractivity contribution is 0.583. The van der Waals surface area contributed by atoms with Crippen LogP contribution in [0, 0.1) is 0 Å². The van der Waals surface area contributed by atoms with Crippen molar-refractivity contribution < 1.29 is 8.42 Å². The zero-order chi connectivity index (χ0) is 12.5. The molecule has 1 aromatic heterocycles. The van der Waals surface area contributed by atoms with Gasteiger partial charge < -0.3 is 0 Å². The third-order valence-electron chi connectivity index (χ3n) is 2.33. The second-order valence-corrected chi connectivity index (χ2v) is 6.12. The summed E-state index contributed by atoms with van der Waals surface area (Å²) in [6.45, 7) is 1.51. The van der Waals surface area contributed by atoms with Crippen LogP contribution in [-0.4, -0.2) is 29.0 Å². The van der Waals surface area contributed by atoms with Gasteiger partial charge in [-0.2, -0.15) is 5.21 Å². The largest absolute Gasteiger partial charge is 0.223 e. The van der Waals surface area contributed by atoms with Gasteiger partial charge >= 0.3 is 0 Å². The summed E-state index contributed by atoms with van der Waals surface area (Å²) >= 11 is 5.71. The van der Waals surface area contributed by atoms with Gasteiger partial charge in [-0.05, 0) is 31.2 Å². The molecule has 2 rings (SSSR count). The zero-order valence-corrected chi connectivity index (χ0v) is 10.4. The number of aromatic amines is 1. The van der Waals surface area contributed by atoms with Gasteiger partial charge in [0.05, 0.1) is 4.90 Å². The molecule has 0 bridgehead atoms. The van der Waals surface area contributed by atoms with Crippen molar-refractivity contribution in [3.63, 3.8) is 0 Å². The summed E-state index contributed by atoms with van der Waals surface area (Å²) in [4.78, 5) is 0.180. The molecule has 17 heavy (non-hydrogen) atoms. The molecule has 90 valence electrons. The van der Waals surface area contributed by atoms with E-state index in [0.717, 1.165) is 0 Å². The number of sulfone groups is 1. The van der Waals surface area contributed by atoms with Gasteiger partial charge in [-0.15, -0.1) is 10.2 Å². The Morgan fingerprint density at radius 1 is 1.29 bits per heavy atom. The van der Waals surface area contributed by atoms with Gasteiger partial charge in [0.25, 0.3) is 0 Å². The third kappa shape index (κ3) is 2.29. The van der Waals surface area contributed by atoms with Crippen LogP contribution in [0.3, 0.4) is 0 Å². The van der Waals surface area contributed by atoms with Gasteiger partial charge in [0.2, 0.25) is 0 Å². The summed E-state index contributed by atoms with van der Waals surface area (Å²) in [5, 5.41) is 12.5. The van der Waals surface area contributed by atoms with E-state index >= 15 is 0 Å². The second-order valence-electron chi connectivity index (χ2n) is 3.41. The first-order valence-electron chi connectivity index (χ1n) is 4.74. The highest BCUT2D eigenvalue weighted by atomic mass is 35.5. The molecule has 0 saturated heterocycles. The zero-order valence-electron chi connectivity index (χ0n) is 8.83. The van der Waals surface area contributed by atoms with Crippen LogP contribution < -0.4 is 0 Å². The fraction of sp³-hybridized carbons (Fsp3) is 0.222. The predicted molar refractivity (Wildman–Crippen MR) is 61.2 cm³/mol. The van der Waals surface area contributed by atoms with E-state index < -0.39 is 15.1 Å². The average Bonchev–Trinajstić information content (AvgIpc) is 2.82. The van der Waals surface area contributed by atoms with Crippen molar-refractivity contribution in [3.05, 3.63) is 35.1 Å². The molecule has 6 nitrogen and oxygen atoms in total. The number of H-pyrrole nitrogens is 1. The number of aromatic nitrogens is 4. The van der Waals surface area contributed by atoms with Crippen LogP contribution in [0.5, 0.6) is 0 Å². The SMILES string of the molecule is C[C@H](c1nn[nH]n1)S(=O)(=O)c1ccc(Cl)cc1. The molecule has 0 fully saturated rings. The fourth-order valence-corrected chi connectivity index (χ4v) is 2.74. The Morgan fingerprint density at radius 3 is 2.47 bits per heavy atom. The Hall–Kier alpha value is -1.47. The molecule has 0 aliphatic carbocycles. The molecule has 8 heteroatoms. The summed E-state index contributed by atoms with van der Waals surface area (Å²) in [5.41, 5.74) is 0. The van der Waals surface area contributed by atoms with Gasteiger partial charge in [-0.1, -0.05) is 16.8 Å². The fourth-order valence-electron chi connectivity index (χ4n) is 1.31. The van der Waals surface area contributed by atoms with Crippen LogP contribution in [0.25, 0.3) is 0 Å². The van der Waals surface area contributed by atoms with E-state index in [0.29, 0.717) is 5.02 Å². The molecule has 0 spiro atoms. The molecule has 0 aliphatic rings. The molecule has 1 heterocycles. The summed E-state index contributed by atoms with van der Waals surface area (Å²) in [6.07, 6.45) is 0. The number of hydrogen-bond donors (Lipinski definition) is 1. The van der Waals surface area contributed by atoms with E-state index in [1.54, 1.807) is 0 Å². The molecule has 0 saturated carbocycles. The van der Waals surface area contributed by atoms with Crippen molar-refractivity contribution in [2.75, 3.05) is 0 Å². The summed E-state index contributed by atoms with van der Waals surface area (Å²) in [5.74, 6) is 0.139. The van der Waals surface area contributed by atoms with E-state index in [-0.39, 0.29) is 10.7 Å². The maximum atomic E-state index is 12.2. The smallest absolute Gasteiger partial charge is 0.192 e. The van der Waals surface area contributed by atoms with Crippen LogP contribution in [0.4, 0.5) is 0 Å². The quantitative estimate of drug-likeness (QED) is 0.912. The van der Waals surface area contributed by atoms with E-state index in [1.807, 2.05) is 0 Å². The summed E-state index contributed by atoms with van der Waals surface area (Å²) < 4.78 is 24.4. The lowest BCUT2D eigenvalue weighted by Crippen LogP contribution is -2.12. The van der Waals surface area contributed by atoms with Crippen molar-refractivity contribution in [1.82, 2.24) is 20.6 Å². The van der Waals surface area contributed by atoms with Crippen molar-refractivity contribution in [1.29, 1.82) is 0 Å². The first kappa shape index (κ1) is 12.0. The van der Waals surface area contributed by atoms with Gasteiger partial charge in [0.15, 0.2) is 15.7 Å². The van der Waals surface area contributed by atoms with Gasteiger partial charge in [-0.3, -0.25) is 0 Å². The highest BCUT2D eigenvalue weighted by Gasteiger charge is 2.28. The number of hydrogen-bond acceptors (Lipinski definition) is 5. The number of benzene rings is 1. The summed E-state index contributed by atoms with van der Waals surface area (Å²) in [7, 11) is -3.52. The van der Waals surface area contributed by atoms with E-state index in [4.69, 9.17) is 11.6 Å². The summed E-state index contributed by atoms with van der Waals surface area (Å²) in [6, 6.07) is 5.96. The predicted octanol–water partition coefficient (Wildman–Crippen LogP) is 1.39. The minimum Gasteiger partial charge on any atom is -0.223 e. The first-order valence-corrected chi connectivity index (χ1v) is 6.67. The minimum atomic E-state index is -3.52. The topological polar surface area (TPSA) is 88.6 Å². The molecule has 0 radical (unpaired) electrons. The van der Waals surface area contributed by atoms with Crippen LogP contribution in [0.2, 0.25) is 5.02 Å². The highest BCUT2D eigenvalue weighted by molar-refractivity contribution is 7.91. The van der Waals surface area contributed by atoms with Gasteiger partial charge in [-0.25, -0.2) is 8.42 Å². The van der Waals surface area contributed by atoms with E-state index in [2.05, 4.69) is 20.6 Å². The molecule has 0 unspecified atom stereocenters. The Balaban J connectivity index is 2.40. The molecule has 1 atom stereocenters. The molecule has 1 N–H and O–H groups in total. The standard InChI is InChI=1S/C9H9ClN4O2S/c1-6(9-11-13-14-12-9)17(15,16)8-4-2-7(10)3-5-8/h2-6H,1H3,(H,11,12,13,14)/t6-/m1/s1. The van der Waals surface area contributed by atoms with Crippen molar-refractivity contribution in [3.8, 4) is 0 Å². The third-order valence-corrected chi connectivity index (χ3v) is 4.66. The Labute approximate surface area is 103 Å².